The molecule has 0 N–H and O–H groups in total. The zero-order valence-electron chi connectivity index (χ0n) is 10.0. The van der Waals surface area contributed by atoms with Gasteiger partial charge < -0.3 is 0 Å². The van der Waals surface area contributed by atoms with Gasteiger partial charge in [0.25, 0.3) is 0 Å². The third-order valence-corrected chi connectivity index (χ3v) is 9.42. The van der Waals surface area contributed by atoms with Crippen LogP contribution in [0.5, 0.6) is 0 Å². The summed E-state index contributed by atoms with van der Waals surface area (Å²) in [5.41, 5.74) is 1.36. The molecule has 0 aliphatic carbocycles. The van der Waals surface area contributed by atoms with Gasteiger partial charge in [-0.3, -0.25) is 0 Å². The van der Waals surface area contributed by atoms with E-state index in [0.29, 0.717) is 11.1 Å². The summed E-state index contributed by atoms with van der Waals surface area (Å²) in [4.78, 5) is 24.0. The fraction of sp³-hybridized carbons (Fsp3) is 0. The van der Waals surface area contributed by atoms with Crippen LogP contribution < -0.4 is 0 Å². The molecule has 0 aliphatic heterocycles. The number of hydrogen-bond acceptors (Lipinski definition) is 2. The second-order valence-corrected chi connectivity index (χ2v) is 11.5. The Kier molecular flexibility index (Phi) is 6.21. The van der Waals surface area contributed by atoms with Crippen molar-refractivity contribution in [3.8, 4) is 0 Å². The maximum absolute atomic E-state index is 12.0. The summed E-state index contributed by atoms with van der Waals surface area (Å²) in [5.74, 6) is 0. The van der Waals surface area contributed by atoms with Gasteiger partial charge in [-0.2, -0.15) is 0 Å². The minimum absolute atomic E-state index is 0.0791. The summed E-state index contributed by atoms with van der Waals surface area (Å²) in [7, 11) is 0. The van der Waals surface area contributed by atoms with Gasteiger partial charge in [-0.1, -0.05) is 0 Å². The third kappa shape index (κ3) is 4.66. The van der Waals surface area contributed by atoms with Crippen LogP contribution in [0.3, 0.4) is 0 Å². The zero-order valence-corrected chi connectivity index (χ0v) is 16.6. The summed E-state index contributed by atoms with van der Waals surface area (Å²) in [6.45, 7) is 0. The van der Waals surface area contributed by atoms with Crippen LogP contribution in [-0.4, -0.2) is 35.6 Å². The first-order valence-corrected chi connectivity index (χ1v) is 13.1. The van der Waals surface area contributed by atoms with Gasteiger partial charge in [-0.05, 0) is 0 Å². The first-order valence-electron chi connectivity index (χ1n) is 5.50. The molecule has 2 aromatic carbocycles. The number of hydrogen-bond donors (Lipinski definition) is 0. The standard InChI is InChI=1S/C14H8Br2O2Se2/c15-11-5-1-9(2-6-11)13(17)19-20-14(18)10-3-7-12(16)8-4-10/h1-8H. The average molecular weight is 526 g/mol. The topological polar surface area (TPSA) is 34.1 Å². The van der Waals surface area contributed by atoms with Crippen molar-refractivity contribution in [3.63, 3.8) is 0 Å². The molecular weight excluding hydrogens is 518 g/mol. The van der Waals surface area contributed by atoms with Crippen molar-refractivity contribution in [2.75, 3.05) is 0 Å². The van der Waals surface area contributed by atoms with Gasteiger partial charge in [0.15, 0.2) is 0 Å². The Bertz CT molecular complexity index is 567. The van der Waals surface area contributed by atoms with E-state index in [0.717, 1.165) is 8.95 Å². The Hall–Kier alpha value is -0.221. The summed E-state index contributed by atoms with van der Waals surface area (Å²) in [6, 6.07) is 14.5. The number of carbonyl (C=O) groups excluding carboxylic acids is 2. The number of benzene rings is 2. The van der Waals surface area contributed by atoms with E-state index >= 15 is 0 Å². The van der Waals surface area contributed by atoms with Crippen LogP contribution in [0, 0.1) is 0 Å². The van der Waals surface area contributed by atoms with E-state index in [1.54, 1.807) is 24.3 Å². The molecule has 0 fully saturated rings. The molecule has 2 nitrogen and oxygen atoms in total. The fourth-order valence-corrected chi connectivity index (χ4v) is 6.91. The molecule has 0 heterocycles. The van der Waals surface area contributed by atoms with Gasteiger partial charge in [-0.25, -0.2) is 0 Å². The molecule has 0 saturated heterocycles. The summed E-state index contributed by atoms with van der Waals surface area (Å²) in [5, 5.41) is 0. The number of halogens is 2. The van der Waals surface area contributed by atoms with E-state index in [4.69, 9.17) is 0 Å². The molecule has 2 rings (SSSR count). The molecule has 0 aromatic heterocycles. The van der Waals surface area contributed by atoms with Gasteiger partial charge in [0, 0.05) is 0 Å². The molecule has 0 radical (unpaired) electrons. The molecule has 0 bridgehead atoms. The van der Waals surface area contributed by atoms with Gasteiger partial charge in [0.05, 0.1) is 0 Å². The summed E-state index contributed by atoms with van der Waals surface area (Å²) in [6.07, 6.45) is 0. The molecule has 6 heteroatoms. The van der Waals surface area contributed by atoms with Crippen LogP contribution in [-0.2, 0) is 0 Å². The van der Waals surface area contributed by atoms with Crippen LogP contribution in [0.4, 0.5) is 0 Å². The molecule has 0 amide bonds. The molecule has 20 heavy (non-hydrogen) atoms. The molecule has 0 spiro atoms. The molecule has 102 valence electrons. The average Bonchev–Trinajstić information content (AvgIpc) is 2.46. The Morgan fingerprint density at radius 2 is 0.950 bits per heavy atom. The number of carbonyl (C=O) groups is 2. The SMILES string of the molecule is O=C([Se][Se]C(=O)c1ccc(Br)cc1)c1ccc(Br)cc1. The van der Waals surface area contributed by atoms with Gasteiger partial charge in [0.1, 0.15) is 0 Å². The van der Waals surface area contributed by atoms with Gasteiger partial charge >= 0.3 is 146 Å². The van der Waals surface area contributed by atoms with Crippen molar-refractivity contribution in [1.82, 2.24) is 0 Å². The molecule has 0 unspecified atom stereocenters. The molecular formula is C14H8Br2O2Se2. The number of rotatable bonds is 5. The van der Waals surface area contributed by atoms with Crippen LogP contribution in [0.15, 0.2) is 57.5 Å². The van der Waals surface area contributed by atoms with Gasteiger partial charge in [-0.15, -0.1) is 0 Å². The van der Waals surface area contributed by atoms with Crippen molar-refractivity contribution in [2.24, 2.45) is 0 Å². The van der Waals surface area contributed by atoms with Crippen molar-refractivity contribution in [2.45, 2.75) is 0 Å². The molecule has 0 aliphatic rings. The summed E-state index contributed by atoms with van der Waals surface area (Å²) >= 11 is 6.06. The molecule has 0 saturated carbocycles. The molecule has 0 atom stereocenters. The zero-order chi connectivity index (χ0) is 14.5. The fourth-order valence-electron chi connectivity index (χ4n) is 1.34. The van der Waals surface area contributed by atoms with E-state index < -0.39 is 0 Å². The van der Waals surface area contributed by atoms with E-state index in [-0.39, 0.29) is 35.6 Å². The Labute approximate surface area is 144 Å². The van der Waals surface area contributed by atoms with E-state index in [1.807, 2.05) is 24.3 Å². The van der Waals surface area contributed by atoms with E-state index in [2.05, 4.69) is 31.9 Å². The first kappa shape index (κ1) is 16.2. The second kappa shape index (κ2) is 7.69. The van der Waals surface area contributed by atoms with Crippen LogP contribution in [0.2, 0.25) is 0 Å². The van der Waals surface area contributed by atoms with Crippen LogP contribution in [0.25, 0.3) is 0 Å². The van der Waals surface area contributed by atoms with Crippen LogP contribution in [0.1, 0.15) is 20.7 Å². The Morgan fingerprint density at radius 3 is 1.25 bits per heavy atom. The summed E-state index contributed by atoms with van der Waals surface area (Å²) < 4.78 is 2.04. The van der Waals surface area contributed by atoms with Crippen molar-refractivity contribution in [3.05, 3.63) is 68.6 Å². The first-order chi connectivity index (χ1) is 9.56. The van der Waals surface area contributed by atoms with E-state index in [9.17, 15) is 9.59 Å². The van der Waals surface area contributed by atoms with Gasteiger partial charge in [0.2, 0.25) is 0 Å². The monoisotopic (exact) mass is 526 g/mol. The van der Waals surface area contributed by atoms with Crippen molar-refractivity contribution in [1.29, 1.82) is 0 Å². The quantitative estimate of drug-likeness (QED) is 0.560. The van der Waals surface area contributed by atoms with E-state index in [1.165, 1.54) is 0 Å². The van der Waals surface area contributed by atoms with Crippen LogP contribution >= 0.6 is 31.9 Å². The predicted octanol–water partition coefficient (Wildman–Crippen LogP) is 3.52. The van der Waals surface area contributed by atoms with Crippen molar-refractivity contribution >= 4 is 67.5 Å². The Morgan fingerprint density at radius 1 is 0.650 bits per heavy atom. The molecule has 2 aromatic rings. The normalized spacial score (nSPS) is 10.3. The van der Waals surface area contributed by atoms with Crippen molar-refractivity contribution < 1.29 is 9.59 Å². The Balaban J connectivity index is 1.94. The third-order valence-electron chi connectivity index (χ3n) is 2.35. The predicted molar refractivity (Wildman–Crippen MR) is 88.5 cm³/mol. The minimum atomic E-state index is -0.301. The second-order valence-electron chi connectivity index (χ2n) is 3.76. The maximum atomic E-state index is 12.0.